The molecule has 0 aliphatic carbocycles. The first-order valence-corrected chi connectivity index (χ1v) is 8.68. The molecule has 1 N–H and O–H groups in total. The average Bonchev–Trinajstić information content (AvgIpc) is 2.76. The van der Waals surface area contributed by atoms with Crippen LogP contribution in [0.15, 0.2) is 12.1 Å². The van der Waals surface area contributed by atoms with Crippen LogP contribution in [-0.4, -0.2) is 37.9 Å². The molecular weight excluding hydrogens is 343 g/mol. The zero-order chi connectivity index (χ0) is 19.5. The third-order valence-electron chi connectivity index (χ3n) is 4.95. The fraction of sp³-hybridized carbons (Fsp3) is 0.611. The smallest absolute Gasteiger partial charge is 0.469 e. The summed E-state index contributed by atoms with van der Waals surface area (Å²) in [5, 5.41) is 2.93. The zero-order valence-electron chi connectivity index (χ0n) is 15.9. The molecule has 5 nitrogen and oxygen atoms in total. The Kier molecular flexibility index (Phi) is 6.42. The molecule has 1 fully saturated rings. The quantitative estimate of drug-likeness (QED) is 0.454. The highest BCUT2D eigenvalue weighted by atomic mass is 19.1. The minimum Gasteiger partial charge on any atom is -0.469 e. The van der Waals surface area contributed by atoms with Crippen molar-refractivity contribution in [2.24, 2.45) is 0 Å². The van der Waals surface area contributed by atoms with Crippen LogP contribution >= 0.6 is 0 Å². The van der Waals surface area contributed by atoms with Gasteiger partial charge < -0.3 is 19.4 Å². The molecule has 2 rings (SSSR count). The van der Waals surface area contributed by atoms with Crippen molar-refractivity contribution in [2.45, 2.75) is 58.3 Å². The average molecular weight is 369 g/mol. The van der Waals surface area contributed by atoms with Gasteiger partial charge in [-0.3, -0.25) is 4.79 Å². The molecule has 26 heavy (non-hydrogen) atoms. The highest BCUT2D eigenvalue weighted by Gasteiger charge is 2.51. The number of carbonyl (C=O) groups is 1. The van der Waals surface area contributed by atoms with Crippen LogP contribution in [0.5, 0.6) is 0 Å². The van der Waals surface area contributed by atoms with Gasteiger partial charge in [0.25, 0.3) is 0 Å². The second-order valence-corrected chi connectivity index (χ2v) is 7.41. The number of benzene rings is 1. The number of hydrogen-bond acceptors (Lipinski definition) is 5. The Morgan fingerprint density at radius 1 is 1.15 bits per heavy atom. The first kappa shape index (κ1) is 20.8. The molecular formula is C18H26BF2NO4. The molecule has 1 aromatic rings. The van der Waals surface area contributed by atoms with Crippen molar-refractivity contribution in [3.8, 4) is 0 Å². The predicted octanol–water partition coefficient (Wildman–Crippen LogP) is 2.31. The van der Waals surface area contributed by atoms with Gasteiger partial charge in [-0.25, -0.2) is 8.78 Å². The summed E-state index contributed by atoms with van der Waals surface area (Å²) in [4.78, 5) is 11.0. The van der Waals surface area contributed by atoms with Crippen molar-refractivity contribution in [1.29, 1.82) is 0 Å². The number of ether oxygens (including phenoxy) is 1. The molecule has 8 heteroatoms. The van der Waals surface area contributed by atoms with Crippen molar-refractivity contribution in [2.75, 3.05) is 13.7 Å². The van der Waals surface area contributed by atoms with E-state index in [1.165, 1.54) is 19.2 Å². The van der Waals surface area contributed by atoms with Crippen LogP contribution in [0.3, 0.4) is 0 Å². The van der Waals surface area contributed by atoms with Crippen LogP contribution in [0.25, 0.3) is 0 Å². The second kappa shape index (κ2) is 8.02. The first-order valence-electron chi connectivity index (χ1n) is 8.68. The van der Waals surface area contributed by atoms with Crippen molar-refractivity contribution < 1.29 is 27.6 Å². The van der Waals surface area contributed by atoms with Crippen LogP contribution in [0.4, 0.5) is 8.78 Å². The van der Waals surface area contributed by atoms with Crippen LogP contribution in [0.1, 0.15) is 46.1 Å². The molecule has 0 aromatic heterocycles. The molecule has 1 heterocycles. The van der Waals surface area contributed by atoms with Gasteiger partial charge in [-0.05, 0) is 58.3 Å². The Labute approximate surface area is 153 Å². The number of nitrogens with one attached hydrogen (secondary N) is 1. The van der Waals surface area contributed by atoms with E-state index in [9.17, 15) is 13.6 Å². The minimum absolute atomic E-state index is 0.0302. The van der Waals surface area contributed by atoms with Crippen molar-refractivity contribution in [3.05, 3.63) is 29.3 Å². The molecule has 1 aromatic carbocycles. The molecule has 0 bridgehead atoms. The Morgan fingerprint density at radius 3 is 2.19 bits per heavy atom. The Balaban J connectivity index is 1.99. The van der Waals surface area contributed by atoms with Gasteiger partial charge in [-0.2, -0.15) is 0 Å². The topological polar surface area (TPSA) is 56.8 Å². The summed E-state index contributed by atoms with van der Waals surface area (Å²) in [7, 11) is 0.508. The Morgan fingerprint density at radius 2 is 1.69 bits per heavy atom. The molecule has 0 amide bonds. The van der Waals surface area contributed by atoms with E-state index in [4.69, 9.17) is 9.31 Å². The number of halogens is 2. The molecule has 1 aliphatic rings. The van der Waals surface area contributed by atoms with Gasteiger partial charge in [-0.15, -0.1) is 0 Å². The third-order valence-corrected chi connectivity index (χ3v) is 4.95. The summed E-state index contributed by atoms with van der Waals surface area (Å²) in [6, 6.07) is 2.49. The fourth-order valence-corrected chi connectivity index (χ4v) is 2.58. The second-order valence-electron chi connectivity index (χ2n) is 7.41. The number of methoxy groups -OCH3 is 1. The maximum atomic E-state index is 14.4. The van der Waals surface area contributed by atoms with Crippen LogP contribution < -0.4 is 10.8 Å². The van der Waals surface area contributed by atoms with Gasteiger partial charge in [0.05, 0.1) is 18.3 Å². The van der Waals surface area contributed by atoms with Crippen LogP contribution in [-0.2, 0) is 25.4 Å². The number of hydrogen-bond donors (Lipinski definition) is 1. The highest BCUT2D eigenvalue weighted by molar-refractivity contribution is 6.62. The molecule has 0 spiro atoms. The van der Waals surface area contributed by atoms with E-state index >= 15 is 0 Å². The van der Waals surface area contributed by atoms with Crippen LogP contribution in [0.2, 0.25) is 0 Å². The van der Waals surface area contributed by atoms with Gasteiger partial charge >= 0.3 is 13.1 Å². The van der Waals surface area contributed by atoms with Crippen molar-refractivity contribution in [1.82, 2.24) is 5.32 Å². The monoisotopic (exact) mass is 369 g/mol. The Hall–Kier alpha value is -1.51. The molecule has 0 saturated carbocycles. The van der Waals surface area contributed by atoms with Gasteiger partial charge in [-0.1, -0.05) is 0 Å². The maximum Gasteiger partial charge on any atom is 0.495 e. The normalized spacial score (nSPS) is 18.2. The third kappa shape index (κ3) is 4.61. The molecule has 0 radical (unpaired) electrons. The Bertz CT molecular complexity index is 628. The SMILES string of the molecule is COC(=O)CCCNCc1c(F)cc(B2OC(C)(C)C(C)(C)O2)cc1F. The largest absolute Gasteiger partial charge is 0.495 e. The summed E-state index contributed by atoms with van der Waals surface area (Å²) >= 11 is 0. The summed E-state index contributed by atoms with van der Waals surface area (Å²) in [5.74, 6) is -1.62. The summed E-state index contributed by atoms with van der Waals surface area (Å²) in [6.45, 7) is 8.01. The predicted molar refractivity (Wildman–Crippen MR) is 95.0 cm³/mol. The number of rotatable bonds is 7. The number of carbonyl (C=O) groups excluding carboxylic acids is 1. The highest BCUT2D eigenvalue weighted by Crippen LogP contribution is 2.36. The summed E-state index contributed by atoms with van der Waals surface area (Å²) < 4.78 is 44.9. The van der Waals surface area contributed by atoms with Gasteiger partial charge in [0.15, 0.2) is 0 Å². The van der Waals surface area contributed by atoms with E-state index in [1.807, 2.05) is 27.7 Å². The van der Waals surface area contributed by atoms with E-state index in [0.717, 1.165) is 0 Å². The molecule has 1 saturated heterocycles. The lowest BCUT2D eigenvalue weighted by molar-refractivity contribution is -0.140. The zero-order valence-corrected chi connectivity index (χ0v) is 15.9. The van der Waals surface area contributed by atoms with Crippen molar-refractivity contribution in [3.63, 3.8) is 0 Å². The molecule has 0 atom stereocenters. The van der Waals surface area contributed by atoms with Crippen molar-refractivity contribution >= 4 is 18.6 Å². The van der Waals surface area contributed by atoms with E-state index in [-0.39, 0.29) is 24.5 Å². The van der Waals surface area contributed by atoms with E-state index in [1.54, 1.807) is 0 Å². The minimum atomic E-state index is -0.814. The maximum absolute atomic E-state index is 14.4. The molecule has 144 valence electrons. The number of esters is 1. The molecule has 0 unspecified atom stereocenters. The fourth-order valence-electron chi connectivity index (χ4n) is 2.58. The van der Waals surface area contributed by atoms with E-state index in [0.29, 0.717) is 18.4 Å². The van der Waals surface area contributed by atoms with Crippen LogP contribution in [0, 0.1) is 11.6 Å². The summed E-state index contributed by atoms with van der Waals surface area (Å²) in [5.41, 5.74) is -0.897. The van der Waals surface area contributed by atoms with Gasteiger partial charge in [0.1, 0.15) is 11.6 Å². The van der Waals surface area contributed by atoms with Gasteiger partial charge in [0, 0.05) is 18.5 Å². The lowest BCUT2D eigenvalue weighted by Gasteiger charge is -2.32. The van der Waals surface area contributed by atoms with E-state index in [2.05, 4.69) is 10.1 Å². The van der Waals surface area contributed by atoms with Gasteiger partial charge in [0.2, 0.25) is 0 Å². The lowest BCUT2D eigenvalue weighted by Crippen LogP contribution is -2.41. The first-order chi connectivity index (χ1) is 12.1. The van der Waals surface area contributed by atoms with E-state index < -0.39 is 30.0 Å². The standard InChI is InChI=1S/C18H26BF2NO4/c1-17(2)18(3,4)26-19(25-17)12-9-14(20)13(15(21)10-12)11-22-8-6-7-16(23)24-5/h9-10,22H,6-8,11H2,1-5H3. The lowest BCUT2D eigenvalue weighted by atomic mass is 9.78. The molecule has 1 aliphatic heterocycles. The summed E-state index contributed by atoms with van der Waals surface area (Å²) in [6.07, 6.45) is 0.789.